The lowest BCUT2D eigenvalue weighted by molar-refractivity contribution is -0.120. The van der Waals surface area contributed by atoms with Crippen molar-refractivity contribution < 1.29 is 15.0 Å². The first-order valence-corrected chi connectivity index (χ1v) is 6.41. The van der Waals surface area contributed by atoms with Crippen LogP contribution in [0.2, 0.25) is 0 Å². The van der Waals surface area contributed by atoms with E-state index in [1.54, 1.807) is 24.3 Å². The molecule has 0 fully saturated rings. The quantitative estimate of drug-likeness (QED) is 0.776. The summed E-state index contributed by atoms with van der Waals surface area (Å²) in [5.74, 6) is -0.0224. The Kier molecular flexibility index (Phi) is 4.74. The van der Waals surface area contributed by atoms with E-state index in [0.29, 0.717) is 12.1 Å². The molecule has 0 bridgehead atoms. The van der Waals surface area contributed by atoms with Gasteiger partial charge in [-0.05, 0) is 17.2 Å². The zero-order valence-electron chi connectivity index (χ0n) is 11.0. The van der Waals surface area contributed by atoms with Crippen LogP contribution in [0, 0.1) is 0 Å². The van der Waals surface area contributed by atoms with Gasteiger partial charge in [0.05, 0.1) is 13.0 Å². The van der Waals surface area contributed by atoms with E-state index in [-0.39, 0.29) is 24.7 Å². The fourth-order valence-electron chi connectivity index (χ4n) is 1.93. The van der Waals surface area contributed by atoms with Gasteiger partial charge in [-0.2, -0.15) is 0 Å². The van der Waals surface area contributed by atoms with Crippen molar-refractivity contribution in [2.24, 2.45) is 0 Å². The molecule has 0 atom stereocenters. The number of aliphatic hydroxyl groups excluding tert-OH is 1. The lowest BCUT2D eigenvalue weighted by Crippen LogP contribution is -2.24. The number of rotatable bonds is 5. The Hall–Kier alpha value is -2.33. The number of nitrogens with one attached hydrogen (secondary N) is 1. The maximum Gasteiger partial charge on any atom is 0.224 e. The maximum absolute atomic E-state index is 11.8. The number of aliphatic hydroxyl groups is 1. The van der Waals surface area contributed by atoms with E-state index in [9.17, 15) is 9.90 Å². The van der Waals surface area contributed by atoms with E-state index in [0.717, 1.165) is 11.1 Å². The van der Waals surface area contributed by atoms with Crippen molar-refractivity contribution in [1.29, 1.82) is 0 Å². The van der Waals surface area contributed by atoms with Crippen LogP contribution in [0.3, 0.4) is 0 Å². The topological polar surface area (TPSA) is 69.6 Å². The molecule has 2 aromatic rings. The predicted octanol–water partition coefficient (Wildman–Crippen LogP) is 1.74. The van der Waals surface area contributed by atoms with Crippen LogP contribution >= 0.6 is 0 Å². The van der Waals surface area contributed by atoms with Crippen LogP contribution in [0.15, 0.2) is 48.5 Å². The van der Waals surface area contributed by atoms with Gasteiger partial charge in [-0.1, -0.05) is 42.5 Å². The van der Waals surface area contributed by atoms with Gasteiger partial charge in [0.2, 0.25) is 5.91 Å². The number of phenolic OH excluding ortho intramolecular Hbond substituents is 1. The molecule has 2 aromatic carbocycles. The van der Waals surface area contributed by atoms with Gasteiger partial charge in [-0.25, -0.2) is 0 Å². The lowest BCUT2D eigenvalue weighted by Gasteiger charge is -2.07. The van der Waals surface area contributed by atoms with Gasteiger partial charge in [0.1, 0.15) is 5.75 Å². The summed E-state index contributed by atoms with van der Waals surface area (Å²) >= 11 is 0. The van der Waals surface area contributed by atoms with Crippen LogP contribution in [0.4, 0.5) is 0 Å². The molecule has 0 heterocycles. The molecule has 1 amide bonds. The SMILES string of the molecule is O=C(Cc1ccccc1O)NCc1cccc(CO)c1. The summed E-state index contributed by atoms with van der Waals surface area (Å²) in [7, 11) is 0. The fourth-order valence-corrected chi connectivity index (χ4v) is 1.93. The summed E-state index contributed by atoms with van der Waals surface area (Å²) in [6, 6.07) is 14.2. The molecule has 0 unspecified atom stereocenters. The van der Waals surface area contributed by atoms with Crippen LogP contribution in [0.1, 0.15) is 16.7 Å². The van der Waals surface area contributed by atoms with Gasteiger partial charge in [0.15, 0.2) is 0 Å². The molecule has 0 aromatic heterocycles. The Morgan fingerprint density at radius 1 is 1.05 bits per heavy atom. The highest BCUT2D eigenvalue weighted by Gasteiger charge is 2.06. The van der Waals surface area contributed by atoms with Crippen LogP contribution in [-0.2, 0) is 24.4 Å². The summed E-state index contributed by atoms with van der Waals surface area (Å²) < 4.78 is 0. The fraction of sp³-hybridized carbons (Fsp3) is 0.188. The molecule has 0 spiro atoms. The number of hydrogen-bond donors (Lipinski definition) is 3. The number of carbonyl (C=O) groups is 1. The predicted molar refractivity (Wildman–Crippen MR) is 76.0 cm³/mol. The number of para-hydroxylation sites is 1. The lowest BCUT2D eigenvalue weighted by atomic mass is 10.1. The van der Waals surface area contributed by atoms with Gasteiger partial charge < -0.3 is 15.5 Å². The third-order valence-electron chi connectivity index (χ3n) is 3.01. The largest absolute Gasteiger partial charge is 0.508 e. The summed E-state index contributed by atoms with van der Waals surface area (Å²) in [5, 5.41) is 21.4. The molecule has 0 aliphatic rings. The van der Waals surface area contributed by atoms with Crippen LogP contribution in [0.25, 0.3) is 0 Å². The highest BCUT2D eigenvalue weighted by molar-refractivity contribution is 5.79. The van der Waals surface area contributed by atoms with Crippen molar-refractivity contribution >= 4 is 5.91 Å². The van der Waals surface area contributed by atoms with E-state index in [1.807, 2.05) is 24.3 Å². The zero-order chi connectivity index (χ0) is 14.4. The zero-order valence-corrected chi connectivity index (χ0v) is 11.0. The van der Waals surface area contributed by atoms with Gasteiger partial charge in [0, 0.05) is 12.1 Å². The van der Waals surface area contributed by atoms with Crippen molar-refractivity contribution in [3.05, 3.63) is 65.2 Å². The highest BCUT2D eigenvalue weighted by Crippen LogP contribution is 2.15. The second-order valence-electron chi connectivity index (χ2n) is 4.56. The number of aromatic hydroxyl groups is 1. The second-order valence-corrected chi connectivity index (χ2v) is 4.56. The molecule has 0 saturated carbocycles. The Labute approximate surface area is 117 Å². The minimum absolute atomic E-state index is 0.0142. The Balaban J connectivity index is 1.90. The molecule has 0 saturated heterocycles. The molecule has 104 valence electrons. The smallest absolute Gasteiger partial charge is 0.224 e. The van der Waals surface area contributed by atoms with Crippen LogP contribution in [0.5, 0.6) is 5.75 Å². The molecule has 0 radical (unpaired) electrons. The van der Waals surface area contributed by atoms with Crippen molar-refractivity contribution in [2.45, 2.75) is 19.6 Å². The monoisotopic (exact) mass is 271 g/mol. The Bertz CT molecular complexity index is 596. The number of benzene rings is 2. The van der Waals surface area contributed by atoms with E-state index in [4.69, 9.17) is 5.11 Å². The van der Waals surface area contributed by atoms with Crippen molar-refractivity contribution in [2.75, 3.05) is 0 Å². The average molecular weight is 271 g/mol. The standard InChI is InChI=1S/C16H17NO3/c18-11-13-5-3-4-12(8-13)10-17-16(20)9-14-6-1-2-7-15(14)19/h1-8,18-19H,9-11H2,(H,17,20). The van der Waals surface area contributed by atoms with Crippen molar-refractivity contribution in [3.8, 4) is 5.75 Å². The van der Waals surface area contributed by atoms with E-state index >= 15 is 0 Å². The number of hydrogen-bond acceptors (Lipinski definition) is 3. The van der Waals surface area contributed by atoms with Crippen molar-refractivity contribution in [3.63, 3.8) is 0 Å². The Morgan fingerprint density at radius 2 is 1.80 bits per heavy atom. The molecule has 4 heteroatoms. The maximum atomic E-state index is 11.8. The third kappa shape index (κ3) is 3.83. The summed E-state index contributed by atoms with van der Waals surface area (Å²) in [6.07, 6.45) is 0.145. The van der Waals surface area contributed by atoms with Gasteiger partial charge in [-0.15, -0.1) is 0 Å². The minimum Gasteiger partial charge on any atom is -0.508 e. The number of amides is 1. The van der Waals surface area contributed by atoms with Gasteiger partial charge in [-0.3, -0.25) is 4.79 Å². The normalized spacial score (nSPS) is 10.2. The third-order valence-corrected chi connectivity index (χ3v) is 3.01. The molecule has 2 rings (SSSR count). The second kappa shape index (κ2) is 6.73. The minimum atomic E-state index is -0.152. The molecule has 0 aliphatic heterocycles. The molecule has 4 nitrogen and oxygen atoms in total. The average Bonchev–Trinajstić information content (AvgIpc) is 2.48. The summed E-state index contributed by atoms with van der Waals surface area (Å²) in [4.78, 5) is 11.8. The van der Waals surface area contributed by atoms with Crippen LogP contribution < -0.4 is 5.32 Å². The van der Waals surface area contributed by atoms with E-state index < -0.39 is 0 Å². The number of phenols is 1. The van der Waals surface area contributed by atoms with Crippen LogP contribution in [-0.4, -0.2) is 16.1 Å². The highest BCUT2D eigenvalue weighted by atomic mass is 16.3. The van der Waals surface area contributed by atoms with Crippen molar-refractivity contribution in [1.82, 2.24) is 5.32 Å². The van der Waals surface area contributed by atoms with Gasteiger partial charge >= 0.3 is 0 Å². The first kappa shape index (κ1) is 14.1. The molecule has 0 aliphatic carbocycles. The summed E-state index contributed by atoms with van der Waals surface area (Å²) in [5.41, 5.74) is 2.36. The van der Waals surface area contributed by atoms with E-state index in [1.165, 1.54) is 0 Å². The molecular weight excluding hydrogens is 254 g/mol. The molecule has 20 heavy (non-hydrogen) atoms. The summed E-state index contributed by atoms with van der Waals surface area (Å²) in [6.45, 7) is 0.389. The number of carbonyl (C=O) groups excluding carboxylic acids is 1. The first-order valence-electron chi connectivity index (χ1n) is 6.41. The first-order chi connectivity index (χ1) is 9.69. The van der Waals surface area contributed by atoms with E-state index in [2.05, 4.69) is 5.32 Å². The Morgan fingerprint density at radius 3 is 2.55 bits per heavy atom. The molecular formula is C16H17NO3. The van der Waals surface area contributed by atoms with Gasteiger partial charge in [0.25, 0.3) is 0 Å². The molecule has 3 N–H and O–H groups in total.